The maximum Gasteiger partial charge on any atom is 0.328 e. The lowest BCUT2D eigenvalue weighted by atomic mass is 10.2. The van der Waals surface area contributed by atoms with Gasteiger partial charge in [0.05, 0.1) is 18.8 Å². The first-order valence-electron chi connectivity index (χ1n) is 5.69. The van der Waals surface area contributed by atoms with Crippen LogP contribution in [0.4, 0.5) is 0 Å². The molecule has 0 saturated carbocycles. The molecule has 102 valence electrons. The van der Waals surface area contributed by atoms with Gasteiger partial charge in [-0.1, -0.05) is 6.08 Å². The lowest BCUT2D eigenvalue weighted by Crippen LogP contribution is -2.44. The molecule has 0 bridgehead atoms. The van der Waals surface area contributed by atoms with Crippen LogP contribution < -0.4 is 5.32 Å². The second kappa shape index (κ2) is 7.27. The summed E-state index contributed by atoms with van der Waals surface area (Å²) in [5, 5.41) is 11.3. The Labute approximate surface area is 111 Å². The number of rotatable bonds is 7. The maximum atomic E-state index is 11.8. The van der Waals surface area contributed by atoms with E-state index in [0.717, 1.165) is 5.69 Å². The van der Waals surface area contributed by atoms with Gasteiger partial charge in [-0.3, -0.25) is 9.78 Å². The number of amides is 1. The van der Waals surface area contributed by atoms with E-state index in [9.17, 15) is 9.59 Å². The van der Waals surface area contributed by atoms with Gasteiger partial charge in [-0.2, -0.15) is 0 Å². The Balaban J connectivity index is 2.62. The Morgan fingerprint density at radius 2 is 2.32 bits per heavy atom. The van der Waals surface area contributed by atoms with E-state index in [4.69, 9.17) is 9.84 Å². The van der Waals surface area contributed by atoms with Gasteiger partial charge >= 0.3 is 5.97 Å². The Bertz CT molecular complexity index is 456. The third-order valence-corrected chi connectivity index (χ3v) is 2.30. The summed E-state index contributed by atoms with van der Waals surface area (Å²) in [6.07, 6.45) is 2.90. The summed E-state index contributed by atoms with van der Waals surface area (Å²) in [7, 11) is 0. The highest BCUT2D eigenvalue weighted by Gasteiger charge is 2.20. The van der Waals surface area contributed by atoms with Gasteiger partial charge in [0.15, 0.2) is 6.04 Å². The lowest BCUT2D eigenvalue weighted by Gasteiger charge is -2.14. The maximum absolute atomic E-state index is 11.8. The Morgan fingerprint density at radius 1 is 1.58 bits per heavy atom. The fraction of sp³-hybridized carbons (Fsp3) is 0.308. The quantitative estimate of drug-likeness (QED) is 0.561. The normalized spacial score (nSPS) is 11.6. The van der Waals surface area contributed by atoms with Gasteiger partial charge < -0.3 is 15.2 Å². The molecule has 0 saturated heterocycles. The molecule has 0 radical (unpaired) electrons. The van der Waals surface area contributed by atoms with Crippen LogP contribution in [0.1, 0.15) is 16.1 Å². The highest BCUT2D eigenvalue weighted by molar-refractivity contribution is 5.96. The largest absolute Gasteiger partial charge is 0.480 e. The summed E-state index contributed by atoms with van der Waals surface area (Å²) >= 11 is 0. The van der Waals surface area contributed by atoms with Crippen molar-refractivity contribution in [3.05, 3.63) is 42.2 Å². The molecule has 0 aromatic carbocycles. The van der Waals surface area contributed by atoms with Crippen LogP contribution in [0.25, 0.3) is 0 Å². The molecule has 1 aromatic heterocycles. The number of pyridine rings is 1. The highest BCUT2D eigenvalue weighted by Crippen LogP contribution is 2.00. The standard InChI is InChI=1S/C13H16N2O4/c1-3-6-19-8-11(13(17)18)15-12(16)10-5-4-9(2)14-7-10/h3-5,7,11H,1,6,8H2,2H3,(H,15,16)(H,17,18). The van der Waals surface area contributed by atoms with Gasteiger partial charge in [0.25, 0.3) is 5.91 Å². The van der Waals surface area contributed by atoms with Crippen LogP contribution in [0.3, 0.4) is 0 Å². The van der Waals surface area contributed by atoms with Crippen LogP contribution in [0.2, 0.25) is 0 Å². The van der Waals surface area contributed by atoms with Gasteiger partial charge in [-0.05, 0) is 19.1 Å². The molecule has 1 heterocycles. The van der Waals surface area contributed by atoms with E-state index in [1.54, 1.807) is 19.1 Å². The molecule has 0 spiro atoms. The van der Waals surface area contributed by atoms with Crippen molar-refractivity contribution < 1.29 is 19.4 Å². The summed E-state index contributed by atoms with van der Waals surface area (Å²) in [6.45, 7) is 5.36. The second-order valence-electron chi connectivity index (χ2n) is 3.88. The molecular weight excluding hydrogens is 248 g/mol. The van der Waals surface area contributed by atoms with E-state index in [2.05, 4.69) is 16.9 Å². The SMILES string of the molecule is C=CCOCC(NC(=O)c1ccc(C)nc1)C(=O)O. The second-order valence-corrected chi connectivity index (χ2v) is 3.88. The van der Waals surface area contributed by atoms with Crippen molar-refractivity contribution in [3.8, 4) is 0 Å². The molecular formula is C13H16N2O4. The number of ether oxygens (including phenoxy) is 1. The minimum absolute atomic E-state index is 0.119. The molecule has 0 fully saturated rings. The van der Waals surface area contributed by atoms with Gasteiger partial charge in [0.1, 0.15) is 0 Å². The molecule has 2 N–H and O–H groups in total. The van der Waals surface area contributed by atoms with E-state index < -0.39 is 17.9 Å². The average Bonchev–Trinajstić information content (AvgIpc) is 2.38. The van der Waals surface area contributed by atoms with Crippen LogP contribution >= 0.6 is 0 Å². The highest BCUT2D eigenvalue weighted by atomic mass is 16.5. The monoisotopic (exact) mass is 264 g/mol. The molecule has 1 unspecified atom stereocenters. The van der Waals surface area contributed by atoms with Gasteiger partial charge in [-0.15, -0.1) is 6.58 Å². The number of hydrogen-bond acceptors (Lipinski definition) is 4. The summed E-state index contributed by atoms with van der Waals surface area (Å²) in [4.78, 5) is 26.8. The molecule has 1 amide bonds. The summed E-state index contributed by atoms with van der Waals surface area (Å²) < 4.78 is 5.03. The van der Waals surface area contributed by atoms with Crippen molar-refractivity contribution in [1.29, 1.82) is 0 Å². The lowest BCUT2D eigenvalue weighted by molar-refractivity contribution is -0.140. The van der Waals surface area contributed by atoms with E-state index >= 15 is 0 Å². The number of nitrogens with one attached hydrogen (secondary N) is 1. The fourth-order valence-electron chi connectivity index (χ4n) is 1.29. The van der Waals surface area contributed by atoms with E-state index in [1.165, 1.54) is 12.3 Å². The van der Waals surface area contributed by atoms with Crippen molar-refractivity contribution in [3.63, 3.8) is 0 Å². The number of aliphatic carboxylic acids is 1. The van der Waals surface area contributed by atoms with E-state index in [1.807, 2.05) is 0 Å². The zero-order valence-corrected chi connectivity index (χ0v) is 10.6. The zero-order valence-electron chi connectivity index (χ0n) is 10.6. The van der Waals surface area contributed by atoms with Crippen LogP contribution in [-0.2, 0) is 9.53 Å². The van der Waals surface area contributed by atoms with Crippen LogP contribution in [0.5, 0.6) is 0 Å². The van der Waals surface area contributed by atoms with Crippen molar-refractivity contribution in [2.75, 3.05) is 13.2 Å². The number of carbonyl (C=O) groups is 2. The number of carboxylic acids is 1. The summed E-state index contributed by atoms with van der Waals surface area (Å²) in [5.41, 5.74) is 1.08. The first kappa shape index (κ1) is 14.8. The number of aryl methyl sites for hydroxylation is 1. The minimum atomic E-state index is -1.16. The van der Waals surface area contributed by atoms with E-state index in [0.29, 0.717) is 5.56 Å². The summed E-state index contributed by atoms with van der Waals surface area (Å²) in [6, 6.07) is 2.16. The van der Waals surface area contributed by atoms with Gasteiger partial charge in [0, 0.05) is 11.9 Å². The Hall–Kier alpha value is -2.21. The third-order valence-electron chi connectivity index (χ3n) is 2.30. The fourth-order valence-corrected chi connectivity index (χ4v) is 1.29. The van der Waals surface area contributed by atoms with Crippen molar-refractivity contribution in [2.24, 2.45) is 0 Å². The molecule has 0 aliphatic rings. The third kappa shape index (κ3) is 4.89. The average molecular weight is 264 g/mol. The molecule has 0 aliphatic carbocycles. The molecule has 6 nitrogen and oxygen atoms in total. The Kier molecular flexibility index (Phi) is 5.69. The molecule has 1 aromatic rings. The van der Waals surface area contributed by atoms with Crippen molar-refractivity contribution in [2.45, 2.75) is 13.0 Å². The topological polar surface area (TPSA) is 88.5 Å². The predicted octanol–water partition coefficient (Wildman–Crippen LogP) is 0.776. The first-order chi connectivity index (χ1) is 9.04. The molecule has 6 heteroatoms. The number of nitrogens with zero attached hydrogens (tertiary/aromatic N) is 1. The first-order valence-corrected chi connectivity index (χ1v) is 5.69. The zero-order chi connectivity index (χ0) is 14.3. The van der Waals surface area contributed by atoms with E-state index in [-0.39, 0.29) is 13.2 Å². The molecule has 1 atom stereocenters. The van der Waals surface area contributed by atoms with Gasteiger partial charge in [-0.25, -0.2) is 4.79 Å². The van der Waals surface area contributed by atoms with Crippen LogP contribution in [0, 0.1) is 6.92 Å². The van der Waals surface area contributed by atoms with Crippen LogP contribution in [-0.4, -0.2) is 41.2 Å². The van der Waals surface area contributed by atoms with Crippen molar-refractivity contribution >= 4 is 11.9 Å². The van der Waals surface area contributed by atoms with Crippen molar-refractivity contribution in [1.82, 2.24) is 10.3 Å². The summed E-state index contributed by atoms with van der Waals surface area (Å²) in [5.74, 6) is -1.65. The molecule has 1 rings (SSSR count). The van der Waals surface area contributed by atoms with Gasteiger partial charge in [0.2, 0.25) is 0 Å². The number of hydrogen-bond donors (Lipinski definition) is 2. The predicted molar refractivity (Wildman–Crippen MR) is 68.9 cm³/mol. The smallest absolute Gasteiger partial charge is 0.328 e. The number of carbonyl (C=O) groups excluding carboxylic acids is 1. The van der Waals surface area contributed by atoms with Crippen LogP contribution in [0.15, 0.2) is 31.0 Å². The Morgan fingerprint density at radius 3 is 2.84 bits per heavy atom. The number of carboxylic acid groups (broad SMARTS) is 1. The number of aromatic nitrogens is 1. The molecule has 0 aliphatic heterocycles. The minimum Gasteiger partial charge on any atom is -0.480 e. The molecule has 19 heavy (non-hydrogen) atoms.